The van der Waals surface area contributed by atoms with Gasteiger partial charge in [-0.25, -0.2) is 13.1 Å². The average Bonchev–Trinajstić information content (AvgIpc) is 2.44. The highest BCUT2D eigenvalue weighted by molar-refractivity contribution is 9.09. The van der Waals surface area contributed by atoms with E-state index in [0.29, 0.717) is 21.7 Å². The topological polar surface area (TPSA) is 59.1 Å². The molecular weight excluding hydrogens is 352 g/mol. The van der Waals surface area contributed by atoms with Crippen molar-refractivity contribution in [3.63, 3.8) is 0 Å². The maximum atomic E-state index is 12.5. The first-order valence-corrected chi connectivity index (χ1v) is 9.30. The number of alkyl halides is 1. The third kappa shape index (κ3) is 4.02. The van der Waals surface area contributed by atoms with Crippen LogP contribution in [-0.2, 0) is 10.0 Å². The van der Waals surface area contributed by atoms with Crippen molar-refractivity contribution in [3.05, 3.63) is 36.0 Å². The number of nitrogens with one attached hydrogen (secondary N) is 1. The second kappa shape index (κ2) is 6.85. The number of benzene rings is 1. The monoisotopic (exact) mass is 370 g/mol. The van der Waals surface area contributed by atoms with Gasteiger partial charge in [-0.15, -0.1) is 0 Å². The molecule has 4 nitrogen and oxygen atoms in total. The minimum atomic E-state index is -3.51. The molecular formula is C15H19BrN2O2S. The molecule has 1 aromatic carbocycles. The number of sulfonamides is 1. The van der Waals surface area contributed by atoms with Gasteiger partial charge in [-0.1, -0.05) is 28.9 Å². The van der Waals surface area contributed by atoms with Gasteiger partial charge < -0.3 is 0 Å². The van der Waals surface area contributed by atoms with E-state index in [-0.39, 0.29) is 0 Å². The van der Waals surface area contributed by atoms with Crippen molar-refractivity contribution in [1.82, 2.24) is 9.71 Å². The van der Waals surface area contributed by atoms with Crippen LogP contribution in [0.4, 0.5) is 0 Å². The maximum Gasteiger partial charge on any atom is 0.241 e. The van der Waals surface area contributed by atoms with Crippen LogP contribution in [0, 0.1) is 6.92 Å². The van der Waals surface area contributed by atoms with Gasteiger partial charge in [0.05, 0.1) is 10.4 Å². The SMILES string of the molecule is Cc1ccc(S(=O)(=O)NCCCC(C)Br)c2cccnc12. The van der Waals surface area contributed by atoms with E-state index in [0.717, 1.165) is 23.9 Å². The number of pyridine rings is 1. The molecule has 0 fully saturated rings. The van der Waals surface area contributed by atoms with E-state index in [9.17, 15) is 8.42 Å². The molecule has 0 saturated heterocycles. The summed E-state index contributed by atoms with van der Waals surface area (Å²) < 4.78 is 27.6. The summed E-state index contributed by atoms with van der Waals surface area (Å²) in [7, 11) is -3.51. The first kappa shape index (κ1) is 16.4. The van der Waals surface area contributed by atoms with Crippen LogP contribution < -0.4 is 4.72 Å². The molecule has 0 amide bonds. The molecule has 6 heteroatoms. The highest BCUT2D eigenvalue weighted by Gasteiger charge is 2.17. The van der Waals surface area contributed by atoms with Gasteiger partial charge in [0, 0.05) is 23.0 Å². The van der Waals surface area contributed by atoms with Crippen LogP contribution in [0.15, 0.2) is 35.4 Å². The summed E-state index contributed by atoms with van der Waals surface area (Å²) in [5.41, 5.74) is 1.70. The lowest BCUT2D eigenvalue weighted by Gasteiger charge is -2.11. The predicted octanol–water partition coefficient (Wildman–Crippen LogP) is 3.39. The molecule has 0 aliphatic heterocycles. The van der Waals surface area contributed by atoms with Crippen molar-refractivity contribution in [1.29, 1.82) is 0 Å². The molecule has 0 aliphatic rings. The Bertz CT molecular complexity index is 730. The number of hydrogen-bond acceptors (Lipinski definition) is 3. The summed E-state index contributed by atoms with van der Waals surface area (Å²) in [5, 5.41) is 0.666. The molecule has 0 aliphatic carbocycles. The number of rotatable bonds is 6. The quantitative estimate of drug-likeness (QED) is 0.626. The lowest BCUT2D eigenvalue weighted by atomic mass is 10.1. The molecule has 0 radical (unpaired) electrons. The van der Waals surface area contributed by atoms with Crippen molar-refractivity contribution in [2.45, 2.75) is 36.4 Å². The molecule has 2 rings (SSSR count). The lowest BCUT2D eigenvalue weighted by molar-refractivity contribution is 0.577. The number of nitrogens with zero attached hydrogens (tertiary/aromatic N) is 1. The molecule has 1 unspecified atom stereocenters. The second-order valence-corrected chi connectivity index (χ2v) is 8.40. The van der Waals surface area contributed by atoms with Crippen LogP contribution in [0.5, 0.6) is 0 Å². The average molecular weight is 371 g/mol. The number of fused-ring (bicyclic) bond motifs is 1. The van der Waals surface area contributed by atoms with Crippen LogP contribution in [0.25, 0.3) is 10.9 Å². The Hall–Kier alpha value is -0.980. The largest absolute Gasteiger partial charge is 0.256 e. The van der Waals surface area contributed by atoms with E-state index in [1.54, 1.807) is 30.5 Å². The Morgan fingerprint density at radius 1 is 1.33 bits per heavy atom. The van der Waals surface area contributed by atoms with Crippen molar-refractivity contribution in [2.24, 2.45) is 0 Å². The van der Waals surface area contributed by atoms with Gasteiger partial charge in [0.25, 0.3) is 0 Å². The molecule has 1 aromatic heterocycles. The van der Waals surface area contributed by atoms with E-state index < -0.39 is 10.0 Å². The third-order valence-electron chi connectivity index (χ3n) is 3.29. The van der Waals surface area contributed by atoms with E-state index in [4.69, 9.17) is 0 Å². The van der Waals surface area contributed by atoms with Crippen molar-refractivity contribution in [3.8, 4) is 0 Å². The molecule has 0 saturated carbocycles. The fourth-order valence-electron chi connectivity index (χ4n) is 2.19. The normalized spacial score (nSPS) is 13.5. The van der Waals surface area contributed by atoms with E-state index >= 15 is 0 Å². The Labute approximate surface area is 134 Å². The molecule has 21 heavy (non-hydrogen) atoms. The minimum absolute atomic E-state index is 0.295. The van der Waals surface area contributed by atoms with Crippen LogP contribution in [0.1, 0.15) is 25.3 Å². The van der Waals surface area contributed by atoms with Gasteiger partial charge >= 0.3 is 0 Å². The third-order valence-corrected chi connectivity index (χ3v) is 5.27. The van der Waals surface area contributed by atoms with Gasteiger partial charge in [-0.3, -0.25) is 4.98 Å². The van der Waals surface area contributed by atoms with Crippen molar-refractivity contribution in [2.75, 3.05) is 6.54 Å². The Morgan fingerprint density at radius 3 is 2.81 bits per heavy atom. The van der Waals surface area contributed by atoms with E-state index in [2.05, 4.69) is 25.6 Å². The van der Waals surface area contributed by atoms with Gasteiger partial charge in [0.2, 0.25) is 10.0 Å². The highest BCUT2D eigenvalue weighted by Crippen LogP contribution is 2.24. The van der Waals surface area contributed by atoms with Crippen LogP contribution >= 0.6 is 15.9 Å². The zero-order valence-corrected chi connectivity index (χ0v) is 14.5. The Morgan fingerprint density at radius 2 is 2.10 bits per heavy atom. The van der Waals surface area contributed by atoms with Crippen LogP contribution in [-0.4, -0.2) is 24.8 Å². The summed E-state index contributed by atoms with van der Waals surface area (Å²) in [6, 6.07) is 7.00. The summed E-state index contributed by atoms with van der Waals surface area (Å²) in [6.07, 6.45) is 3.41. The van der Waals surface area contributed by atoms with Crippen molar-refractivity contribution < 1.29 is 8.42 Å². The molecule has 0 spiro atoms. The van der Waals surface area contributed by atoms with Crippen molar-refractivity contribution >= 4 is 36.9 Å². The fraction of sp³-hybridized carbons (Fsp3) is 0.400. The molecule has 2 aromatic rings. The predicted molar refractivity (Wildman–Crippen MR) is 89.3 cm³/mol. The van der Waals surface area contributed by atoms with Gasteiger partial charge in [0.15, 0.2) is 0 Å². The molecule has 0 bridgehead atoms. The minimum Gasteiger partial charge on any atom is -0.256 e. The molecule has 1 heterocycles. The van der Waals surface area contributed by atoms with E-state index in [1.165, 1.54) is 0 Å². The first-order chi connectivity index (χ1) is 9.92. The zero-order chi connectivity index (χ0) is 15.5. The van der Waals surface area contributed by atoms with Crippen LogP contribution in [0.3, 0.4) is 0 Å². The molecule has 114 valence electrons. The summed E-state index contributed by atoms with van der Waals surface area (Å²) in [4.78, 5) is 4.97. The smallest absolute Gasteiger partial charge is 0.241 e. The lowest BCUT2D eigenvalue weighted by Crippen LogP contribution is -2.25. The maximum absolute atomic E-state index is 12.5. The number of hydrogen-bond donors (Lipinski definition) is 1. The second-order valence-electron chi connectivity index (χ2n) is 5.10. The van der Waals surface area contributed by atoms with Gasteiger partial charge in [-0.2, -0.15) is 0 Å². The fourth-order valence-corrected chi connectivity index (χ4v) is 3.78. The van der Waals surface area contributed by atoms with Gasteiger partial charge in [-0.05, 0) is 43.5 Å². The van der Waals surface area contributed by atoms with E-state index in [1.807, 2.05) is 13.8 Å². The standard InChI is InChI=1S/C15H19BrN2O2S/c1-11-7-8-14(13-6-4-9-17-15(11)13)21(19,20)18-10-3-5-12(2)16/h4,6-9,12,18H,3,5,10H2,1-2H3. The first-order valence-electron chi connectivity index (χ1n) is 6.90. The zero-order valence-electron chi connectivity index (χ0n) is 12.1. The summed E-state index contributed by atoms with van der Waals surface area (Å²) in [6.45, 7) is 4.41. The summed E-state index contributed by atoms with van der Waals surface area (Å²) >= 11 is 3.45. The Kier molecular flexibility index (Phi) is 5.35. The molecule has 1 atom stereocenters. The molecule has 1 N–H and O–H groups in total. The highest BCUT2D eigenvalue weighted by atomic mass is 79.9. The van der Waals surface area contributed by atoms with Gasteiger partial charge in [0.1, 0.15) is 0 Å². The number of halogens is 1. The Balaban J connectivity index is 2.26. The number of aromatic nitrogens is 1. The number of aryl methyl sites for hydroxylation is 1. The summed E-state index contributed by atoms with van der Waals surface area (Å²) in [5.74, 6) is 0. The van der Waals surface area contributed by atoms with Crippen LogP contribution in [0.2, 0.25) is 0 Å².